The lowest BCUT2D eigenvalue weighted by atomic mass is 10.2. The predicted molar refractivity (Wildman–Crippen MR) is 56.9 cm³/mol. The zero-order valence-electron chi connectivity index (χ0n) is 9.26. The Kier molecular flexibility index (Phi) is 2.95. The molecule has 4 heteroatoms. The number of aliphatic hydroxyl groups is 1. The number of rotatable bonds is 3. The van der Waals surface area contributed by atoms with Gasteiger partial charge in [-0.2, -0.15) is 5.10 Å². The molecule has 0 saturated heterocycles. The highest BCUT2D eigenvalue weighted by Gasteiger charge is 2.27. The molecule has 0 amide bonds. The highest BCUT2D eigenvalue weighted by molar-refractivity contribution is 5.13. The van der Waals surface area contributed by atoms with E-state index < -0.39 is 0 Å². The molecule has 0 bridgehead atoms. The zero-order valence-corrected chi connectivity index (χ0v) is 9.26. The molecule has 1 heterocycles. The van der Waals surface area contributed by atoms with Crippen LogP contribution in [0.5, 0.6) is 5.75 Å². The lowest BCUT2D eigenvalue weighted by Crippen LogP contribution is -2.25. The fourth-order valence-electron chi connectivity index (χ4n) is 1.88. The Morgan fingerprint density at radius 2 is 2.33 bits per heavy atom. The summed E-state index contributed by atoms with van der Waals surface area (Å²) in [5, 5.41) is 13.8. The fourth-order valence-corrected chi connectivity index (χ4v) is 1.88. The number of aliphatic hydroxyl groups excluding tert-OH is 1. The Hall–Kier alpha value is -1.03. The van der Waals surface area contributed by atoms with Gasteiger partial charge in [-0.15, -0.1) is 0 Å². The van der Waals surface area contributed by atoms with E-state index in [1.165, 1.54) is 0 Å². The lowest BCUT2D eigenvalue weighted by Gasteiger charge is -2.15. The first-order valence-corrected chi connectivity index (χ1v) is 5.55. The summed E-state index contributed by atoms with van der Waals surface area (Å²) in [6.07, 6.45) is 6.07. The quantitative estimate of drug-likeness (QED) is 0.826. The fraction of sp³-hybridized carbons (Fsp3) is 0.727. The summed E-state index contributed by atoms with van der Waals surface area (Å²) in [4.78, 5) is 0. The van der Waals surface area contributed by atoms with E-state index in [0.29, 0.717) is 6.04 Å². The average Bonchev–Trinajstić information content (AvgIpc) is 2.77. The second-order valence-electron chi connectivity index (χ2n) is 4.40. The minimum Gasteiger partial charge on any atom is -0.484 e. The molecule has 0 radical (unpaired) electrons. The van der Waals surface area contributed by atoms with E-state index in [1.54, 1.807) is 6.20 Å². The summed E-state index contributed by atoms with van der Waals surface area (Å²) < 4.78 is 7.54. The molecule has 0 aromatic carbocycles. The van der Waals surface area contributed by atoms with Gasteiger partial charge in [0.25, 0.3) is 0 Å². The Morgan fingerprint density at radius 3 is 2.87 bits per heavy atom. The van der Waals surface area contributed by atoms with Gasteiger partial charge in [0, 0.05) is 6.04 Å². The molecular weight excluding hydrogens is 192 g/mol. The maximum atomic E-state index is 9.61. The van der Waals surface area contributed by atoms with E-state index in [4.69, 9.17) is 4.74 Å². The molecule has 0 unspecified atom stereocenters. The van der Waals surface area contributed by atoms with Crippen LogP contribution in [-0.2, 0) is 0 Å². The van der Waals surface area contributed by atoms with Crippen LogP contribution in [0.2, 0.25) is 0 Å². The van der Waals surface area contributed by atoms with Gasteiger partial charge in [-0.05, 0) is 33.1 Å². The van der Waals surface area contributed by atoms with Crippen LogP contribution in [0.25, 0.3) is 0 Å². The number of hydrogen-bond donors (Lipinski definition) is 1. The Balaban J connectivity index is 1.98. The minimum absolute atomic E-state index is 0.0465. The topological polar surface area (TPSA) is 47.3 Å². The molecule has 2 atom stereocenters. The number of nitrogens with zero attached hydrogens (tertiary/aromatic N) is 2. The van der Waals surface area contributed by atoms with E-state index in [1.807, 2.05) is 10.9 Å². The molecule has 4 nitrogen and oxygen atoms in total. The summed E-state index contributed by atoms with van der Waals surface area (Å²) >= 11 is 0. The molecular formula is C11H18N2O2. The summed E-state index contributed by atoms with van der Waals surface area (Å²) in [6.45, 7) is 4.14. The molecule has 1 aliphatic carbocycles. The van der Waals surface area contributed by atoms with Crippen LogP contribution >= 0.6 is 0 Å². The van der Waals surface area contributed by atoms with E-state index in [9.17, 15) is 5.11 Å². The normalized spacial score (nSPS) is 26.1. The highest BCUT2D eigenvalue weighted by atomic mass is 16.5. The van der Waals surface area contributed by atoms with Crippen LogP contribution in [0.4, 0.5) is 0 Å². The van der Waals surface area contributed by atoms with E-state index in [2.05, 4.69) is 18.9 Å². The van der Waals surface area contributed by atoms with Crippen molar-refractivity contribution in [2.75, 3.05) is 0 Å². The third-order valence-electron chi connectivity index (χ3n) is 2.81. The Morgan fingerprint density at radius 1 is 1.53 bits per heavy atom. The summed E-state index contributed by atoms with van der Waals surface area (Å²) in [7, 11) is 0. The van der Waals surface area contributed by atoms with Crippen molar-refractivity contribution in [2.24, 2.45) is 0 Å². The van der Waals surface area contributed by atoms with Gasteiger partial charge in [-0.25, -0.2) is 0 Å². The van der Waals surface area contributed by atoms with Crippen molar-refractivity contribution < 1.29 is 9.84 Å². The van der Waals surface area contributed by atoms with E-state index >= 15 is 0 Å². The van der Waals surface area contributed by atoms with Crippen LogP contribution in [0.1, 0.15) is 39.2 Å². The smallest absolute Gasteiger partial charge is 0.157 e. The molecule has 1 aromatic heterocycles. The molecule has 0 aliphatic heterocycles. The van der Waals surface area contributed by atoms with Crippen molar-refractivity contribution in [3.05, 3.63) is 12.4 Å². The van der Waals surface area contributed by atoms with Crippen molar-refractivity contribution in [3.63, 3.8) is 0 Å². The van der Waals surface area contributed by atoms with E-state index in [-0.39, 0.29) is 12.2 Å². The SMILES string of the molecule is CC(C)n1cc(O[C@H]2CCC[C@@H]2O)cn1. The lowest BCUT2D eigenvalue weighted by molar-refractivity contribution is 0.0603. The molecule has 1 saturated carbocycles. The summed E-state index contributed by atoms with van der Waals surface area (Å²) in [6, 6.07) is 0.343. The van der Waals surface area contributed by atoms with Gasteiger partial charge in [-0.1, -0.05) is 0 Å². The van der Waals surface area contributed by atoms with Gasteiger partial charge in [0.2, 0.25) is 0 Å². The summed E-state index contributed by atoms with van der Waals surface area (Å²) in [5.74, 6) is 0.759. The van der Waals surface area contributed by atoms with Crippen LogP contribution in [-0.4, -0.2) is 27.1 Å². The maximum absolute atomic E-state index is 9.61. The number of aromatic nitrogens is 2. The number of ether oxygens (including phenoxy) is 1. The second-order valence-corrected chi connectivity index (χ2v) is 4.40. The van der Waals surface area contributed by atoms with Gasteiger partial charge in [-0.3, -0.25) is 4.68 Å². The molecule has 1 aromatic rings. The Labute approximate surface area is 89.9 Å². The molecule has 15 heavy (non-hydrogen) atoms. The average molecular weight is 210 g/mol. The molecule has 1 aliphatic rings. The van der Waals surface area contributed by atoms with Crippen LogP contribution in [0.15, 0.2) is 12.4 Å². The predicted octanol–water partition coefficient (Wildman–Crippen LogP) is 1.76. The van der Waals surface area contributed by atoms with Crippen LogP contribution in [0, 0.1) is 0 Å². The van der Waals surface area contributed by atoms with Gasteiger partial charge in [0.05, 0.1) is 18.5 Å². The first kappa shape index (κ1) is 10.5. The van der Waals surface area contributed by atoms with Crippen LogP contribution in [0.3, 0.4) is 0 Å². The molecule has 1 fully saturated rings. The zero-order chi connectivity index (χ0) is 10.8. The van der Waals surface area contributed by atoms with Crippen molar-refractivity contribution >= 4 is 0 Å². The van der Waals surface area contributed by atoms with Crippen molar-refractivity contribution in [1.29, 1.82) is 0 Å². The first-order chi connectivity index (χ1) is 7.16. The van der Waals surface area contributed by atoms with Gasteiger partial charge >= 0.3 is 0 Å². The Bertz CT molecular complexity index is 322. The molecule has 1 N–H and O–H groups in total. The van der Waals surface area contributed by atoms with Crippen molar-refractivity contribution in [1.82, 2.24) is 9.78 Å². The van der Waals surface area contributed by atoms with Gasteiger partial charge in [0.1, 0.15) is 6.10 Å². The maximum Gasteiger partial charge on any atom is 0.157 e. The standard InChI is InChI=1S/C11H18N2O2/c1-8(2)13-7-9(6-12-13)15-11-5-3-4-10(11)14/h6-8,10-11,14H,3-5H2,1-2H3/t10-,11-/m0/s1. The van der Waals surface area contributed by atoms with Gasteiger partial charge in [0.15, 0.2) is 5.75 Å². The third kappa shape index (κ3) is 2.31. The molecule has 84 valence electrons. The molecule has 2 rings (SSSR count). The third-order valence-corrected chi connectivity index (χ3v) is 2.81. The second kappa shape index (κ2) is 4.23. The minimum atomic E-state index is -0.313. The number of hydrogen-bond acceptors (Lipinski definition) is 3. The monoisotopic (exact) mass is 210 g/mol. The van der Waals surface area contributed by atoms with E-state index in [0.717, 1.165) is 25.0 Å². The summed E-state index contributed by atoms with van der Waals surface area (Å²) in [5.41, 5.74) is 0. The van der Waals surface area contributed by atoms with Crippen LogP contribution < -0.4 is 4.74 Å². The van der Waals surface area contributed by atoms with Gasteiger partial charge < -0.3 is 9.84 Å². The molecule has 0 spiro atoms. The van der Waals surface area contributed by atoms with Crippen molar-refractivity contribution in [3.8, 4) is 5.75 Å². The first-order valence-electron chi connectivity index (χ1n) is 5.55. The highest BCUT2D eigenvalue weighted by Crippen LogP contribution is 2.24. The van der Waals surface area contributed by atoms with Crippen molar-refractivity contribution in [2.45, 2.75) is 51.4 Å². The largest absolute Gasteiger partial charge is 0.484 e.